The molecule has 90 valence electrons. The predicted octanol–water partition coefficient (Wildman–Crippen LogP) is 4.13. The van der Waals surface area contributed by atoms with Gasteiger partial charge in [0.15, 0.2) is 0 Å². The van der Waals surface area contributed by atoms with Gasteiger partial charge in [-0.3, -0.25) is 4.79 Å². The zero-order valence-electron chi connectivity index (χ0n) is 10.4. The van der Waals surface area contributed by atoms with Gasteiger partial charge in [-0.1, -0.05) is 54.6 Å². The minimum Gasteiger partial charge on any atom is -0.298 e. The van der Waals surface area contributed by atoms with Crippen molar-refractivity contribution in [3.8, 4) is 0 Å². The van der Waals surface area contributed by atoms with Crippen LogP contribution in [0.15, 0.2) is 54.6 Å². The first-order valence-corrected chi connectivity index (χ1v) is 6.47. The highest BCUT2D eigenvalue weighted by molar-refractivity contribution is 6.14. The summed E-state index contributed by atoms with van der Waals surface area (Å²) in [5.41, 5.74) is 3.20. The lowest BCUT2D eigenvalue weighted by atomic mass is 9.95. The van der Waals surface area contributed by atoms with Crippen molar-refractivity contribution in [2.75, 3.05) is 0 Å². The summed E-state index contributed by atoms with van der Waals surface area (Å²) in [7, 11) is 0. The maximum absolute atomic E-state index is 11.1. The number of carbonyl (C=O) groups excluding carboxylic acids is 1. The van der Waals surface area contributed by atoms with E-state index in [-0.39, 0.29) is 0 Å². The second-order valence-electron chi connectivity index (χ2n) is 4.95. The Bertz CT molecular complexity index is 856. The van der Waals surface area contributed by atoms with Crippen LogP contribution in [0.25, 0.3) is 27.1 Å². The molecular weight excluding hydrogens is 232 g/mol. The monoisotopic (exact) mass is 244 g/mol. The number of aldehydes is 1. The lowest BCUT2D eigenvalue weighted by Crippen LogP contribution is -1.88. The van der Waals surface area contributed by atoms with Gasteiger partial charge in [0.2, 0.25) is 0 Å². The number of hydrogen-bond donors (Lipinski definition) is 0. The molecule has 0 atom stereocenters. The molecule has 1 heteroatoms. The van der Waals surface area contributed by atoms with Gasteiger partial charge < -0.3 is 0 Å². The van der Waals surface area contributed by atoms with Gasteiger partial charge in [-0.15, -0.1) is 0 Å². The van der Waals surface area contributed by atoms with Crippen molar-refractivity contribution in [2.24, 2.45) is 0 Å². The Kier molecular flexibility index (Phi) is 2.10. The first-order valence-electron chi connectivity index (χ1n) is 6.47. The van der Waals surface area contributed by atoms with E-state index in [1.807, 2.05) is 6.08 Å². The van der Waals surface area contributed by atoms with Crippen LogP contribution in [0.1, 0.15) is 11.1 Å². The van der Waals surface area contributed by atoms with E-state index < -0.39 is 0 Å². The third kappa shape index (κ3) is 1.39. The van der Waals surface area contributed by atoms with Crippen LogP contribution in [0, 0.1) is 0 Å². The molecule has 0 radical (unpaired) electrons. The van der Waals surface area contributed by atoms with Crippen LogP contribution in [-0.4, -0.2) is 6.29 Å². The quantitative estimate of drug-likeness (QED) is 0.464. The van der Waals surface area contributed by atoms with Crippen LogP contribution in [-0.2, 0) is 11.2 Å². The molecule has 0 fully saturated rings. The smallest absolute Gasteiger partial charge is 0.150 e. The third-order valence-electron chi connectivity index (χ3n) is 4.00. The lowest BCUT2D eigenvalue weighted by Gasteiger charge is -2.09. The van der Waals surface area contributed by atoms with Gasteiger partial charge in [0, 0.05) is 5.57 Å². The van der Waals surface area contributed by atoms with Crippen LogP contribution in [0.2, 0.25) is 0 Å². The summed E-state index contributed by atoms with van der Waals surface area (Å²) in [6.07, 6.45) is 3.84. The Labute approximate surface area is 111 Å². The molecule has 0 aliphatic heterocycles. The molecule has 1 aliphatic rings. The van der Waals surface area contributed by atoms with Gasteiger partial charge in [0.25, 0.3) is 0 Å². The number of fused-ring (bicyclic) bond motifs is 5. The topological polar surface area (TPSA) is 17.1 Å². The number of hydrogen-bond acceptors (Lipinski definition) is 1. The van der Waals surface area contributed by atoms with Gasteiger partial charge in [-0.25, -0.2) is 0 Å². The Hall–Kier alpha value is -2.41. The molecule has 4 rings (SSSR count). The van der Waals surface area contributed by atoms with E-state index in [0.29, 0.717) is 0 Å². The standard InChI is InChI=1S/C18H12O/c19-11-13-6-8-16-15(13)9-10-17-14-4-2-1-3-12(14)5-7-18(16)17/h1-7,9-11H,8H2. The molecule has 3 aromatic carbocycles. The number of benzene rings is 3. The number of rotatable bonds is 1. The van der Waals surface area contributed by atoms with Crippen molar-refractivity contribution in [1.82, 2.24) is 0 Å². The first kappa shape index (κ1) is 10.5. The number of carbonyl (C=O) groups is 1. The molecular formula is C18H12O. The average molecular weight is 244 g/mol. The van der Waals surface area contributed by atoms with Crippen LogP contribution in [0.5, 0.6) is 0 Å². The largest absolute Gasteiger partial charge is 0.298 e. The molecule has 0 spiro atoms. The average Bonchev–Trinajstić information content (AvgIpc) is 2.90. The lowest BCUT2D eigenvalue weighted by molar-refractivity contribution is -0.103. The summed E-state index contributed by atoms with van der Waals surface area (Å²) in [6.45, 7) is 0. The number of allylic oxidation sites excluding steroid dienone is 2. The summed E-state index contributed by atoms with van der Waals surface area (Å²) < 4.78 is 0. The van der Waals surface area contributed by atoms with E-state index in [0.717, 1.165) is 23.8 Å². The van der Waals surface area contributed by atoms with E-state index in [1.54, 1.807) is 0 Å². The van der Waals surface area contributed by atoms with Gasteiger partial charge >= 0.3 is 0 Å². The maximum Gasteiger partial charge on any atom is 0.150 e. The van der Waals surface area contributed by atoms with E-state index in [1.165, 1.54) is 27.1 Å². The minimum absolute atomic E-state index is 0.824. The maximum atomic E-state index is 11.1. The fourth-order valence-electron chi connectivity index (χ4n) is 3.07. The molecule has 0 amide bonds. The first-order chi connectivity index (χ1) is 9.38. The van der Waals surface area contributed by atoms with Crippen molar-refractivity contribution in [3.05, 3.63) is 65.7 Å². The SMILES string of the molecule is O=CC1=CCc2c1ccc1c2ccc2ccccc21. The second-order valence-corrected chi connectivity index (χ2v) is 4.95. The van der Waals surface area contributed by atoms with E-state index in [4.69, 9.17) is 0 Å². The Balaban J connectivity index is 2.13. The van der Waals surface area contributed by atoms with Crippen molar-refractivity contribution in [3.63, 3.8) is 0 Å². The van der Waals surface area contributed by atoms with Gasteiger partial charge in [-0.05, 0) is 39.1 Å². The van der Waals surface area contributed by atoms with Gasteiger partial charge in [0.05, 0.1) is 0 Å². The van der Waals surface area contributed by atoms with E-state index in [9.17, 15) is 4.79 Å². The minimum atomic E-state index is 0.824. The molecule has 0 aromatic heterocycles. The molecule has 0 bridgehead atoms. The van der Waals surface area contributed by atoms with Gasteiger partial charge in [-0.2, -0.15) is 0 Å². The molecule has 0 heterocycles. The summed E-state index contributed by atoms with van der Waals surface area (Å²) in [6, 6.07) is 17.0. The summed E-state index contributed by atoms with van der Waals surface area (Å²) in [5, 5.41) is 5.08. The van der Waals surface area contributed by atoms with E-state index in [2.05, 4.69) is 48.5 Å². The van der Waals surface area contributed by atoms with Crippen molar-refractivity contribution in [2.45, 2.75) is 6.42 Å². The van der Waals surface area contributed by atoms with Crippen molar-refractivity contribution in [1.29, 1.82) is 0 Å². The summed E-state index contributed by atoms with van der Waals surface area (Å²) >= 11 is 0. The third-order valence-corrected chi connectivity index (χ3v) is 4.00. The Morgan fingerprint density at radius 1 is 0.842 bits per heavy atom. The van der Waals surface area contributed by atoms with Crippen LogP contribution in [0.4, 0.5) is 0 Å². The van der Waals surface area contributed by atoms with Crippen molar-refractivity contribution < 1.29 is 4.79 Å². The highest BCUT2D eigenvalue weighted by Gasteiger charge is 2.16. The normalized spacial score (nSPS) is 13.6. The zero-order chi connectivity index (χ0) is 12.8. The molecule has 3 aromatic rings. The fraction of sp³-hybridized carbons (Fsp3) is 0.0556. The molecule has 1 aliphatic carbocycles. The Morgan fingerprint density at radius 3 is 2.58 bits per heavy atom. The van der Waals surface area contributed by atoms with E-state index >= 15 is 0 Å². The highest BCUT2D eigenvalue weighted by atomic mass is 16.1. The fourth-order valence-corrected chi connectivity index (χ4v) is 3.07. The highest BCUT2D eigenvalue weighted by Crippen LogP contribution is 2.35. The van der Waals surface area contributed by atoms with Gasteiger partial charge in [0.1, 0.15) is 6.29 Å². The predicted molar refractivity (Wildman–Crippen MR) is 79.2 cm³/mol. The molecule has 0 N–H and O–H groups in total. The second kappa shape index (κ2) is 3.79. The molecule has 0 saturated carbocycles. The molecule has 19 heavy (non-hydrogen) atoms. The van der Waals surface area contributed by atoms with Crippen LogP contribution < -0.4 is 0 Å². The summed E-state index contributed by atoms with van der Waals surface area (Å²) in [4.78, 5) is 11.1. The molecule has 0 unspecified atom stereocenters. The Morgan fingerprint density at radius 2 is 1.68 bits per heavy atom. The van der Waals surface area contributed by atoms with Crippen molar-refractivity contribution >= 4 is 33.4 Å². The summed E-state index contributed by atoms with van der Waals surface area (Å²) in [5.74, 6) is 0. The van der Waals surface area contributed by atoms with Crippen LogP contribution in [0.3, 0.4) is 0 Å². The zero-order valence-corrected chi connectivity index (χ0v) is 10.4. The molecule has 0 saturated heterocycles. The molecule has 1 nitrogen and oxygen atoms in total. The van der Waals surface area contributed by atoms with Crippen LogP contribution >= 0.6 is 0 Å².